The average Bonchev–Trinajstić information content (AvgIpc) is 3.14. The van der Waals surface area contributed by atoms with Gasteiger partial charge in [-0.25, -0.2) is 18.4 Å². The summed E-state index contributed by atoms with van der Waals surface area (Å²) in [6.45, 7) is 0.484. The molecule has 1 aromatic carbocycles. The molecule has 1 aliphatic rings. The lowest BCUT2D eigenvalue weighted by molar-refractivity contribution is 0.0697. The molecule has 0 spiro atoms. The van der Waals surface area contributed by atoms with E-state index in [0.29, 0.717) is 24.6 Å². The molecule has 7 heteroatoms. The van der Waals surface area contributed by atoms with Crippen LogP contribution in [0.15, 0.2) is 12.1 Å². The Morgan fingerprint density at radius 3 is 2.47 bits per heavy atom. The van der Waals surface area contributed by atoms with Gasteiger partial charge < -0.3 is 15.7 Å². The van der Waals surface area contributed by atoms with E-state index in [1.807, 2.05) is 0 Å². The van der Waals surface area contributed by atoms with Gasteiger partial charge in [-0.3, -0.25) is 0 Å². The highest BCUT2D eigenvalue weighted by atomic mass is 19.2. The molecular weight excluding hydrogens is 258 g/mol. The maximum absolute atomic E-state index is 13.1. The van der Waals surface area contributed by atoms with E-state index in [-0.39, 0.29) is 5.69 Å². The van der Waals surface area contributed by atoms with E-state index >= 15 is 0 Å². The molecule has 0 heterocycles. The van der Waals surface area contributed by atoms with E-state index < -0.39 is 29.2 Å². The summed E-state index contributed by atoms with van der Waals surface area (Å²) < 4.78 is 26.0. The lowest BCUT2D eigenvalue weighted by atomic mass is 10.1. The molecule has 2 rings (SSSR count). The van der Waals surface area contributed by atoms with Crippen molar-refractivity contribution < 1.29 is 23.5 Å². The number of carboxylic acid groups (broad SMARTS) is 1. The summed E-state index contributed by atoms with van der Waals surface area (Å²) >= 11 is 0. The Bertz CT molecular complexity index is 530. The smallest absolute Gasteiger partial charge is 0.337 e. The molecule has 102 valence electrons. The van der Waals surface area contributed by atoms with Crippen LogP contribution in [0.1, 0.15) is 23.2 Å². The Morgan fingerprint density at radius 2 is 1.89 bits per heavy atom. The van der Waals surface area contributed by atoms with E-state index in [2.05, 4.69) is 10.6 Å². The van der Waals surface area contributed by atoms with Gasteiger partial charge in [-0.2, -0.15) is 0 Å². The zero-order valence-electron chi connectivity index (χ0n) is 9.87. The number of hydrogen-bond acceptors (Lipinski definition) is 2. The Morgan fingerprint density at radius 1 is 1.26 bits per heavy atom. The van der Waals surface area contributed by atoms with Crippen LogP contribution in [0.2, 0.25) is 0 Å². The SMILES string of the molecule is O=C(NCC1CC1)Nc1cc(F)c(F)cc1C(=O)O. The molecule has 1 fully saturated rings. The molecule has 2 amide bonds. The van der Waals surface area contributed by atoms with Gasteiger partial charge in [0, 0.05) is 12.6 Å². The van der Waals surface area contributed by atoms with Gasteiger partial charge in [0.1, 0.15) is 0 Å². The predicted octanol–water partition coefficient (Wildman–Crippen LogP) is 2.19. The van der Waals surface area contributed by atoms with Crippen molar-refractivity contribution in [1.29, 1.82) is 0 Å². The van der Waals surface area contributed by atoms with Gasteiger partial charge >= 0.3 is 12.0 Å². The first-order valence-electron chi connectivity index (χ1n) is 5.74. The quantitative estimate of drug-likeness (QED) is 0.784. The summed E-state index contributed by atoms with van der Waals surface area (Å²) in [6, 6.07) is 0.546. The second kappa shape index (κ2) is 5.21. The van der Waals surface area contributed by atoms with Gasteiger partial charge in [-0.05, 0) is 24.8 Å². The Hall–Kier alpha value is -2.18. The minimum absolute atomic E-state index is 0.278. The number of carboxylic acids is 1. The summed E-state index contributed by atoms with van der Waals surface area (Å²) in [5.41, 5.74) is -0.778. The van der Waals surface area contributed by atoms with Crippen molar-refractivity contribution in [2.24, 2.45) is 5.92 Å². The highest BCUT2D eigenvalue weighted by Crippen LogP contribution is 2.27. The lowest BCUT2D eigenvalue weighted by Crippen LogP contribution is -2.31. The first-order chi connectivity index (χ1) is 8.97. The number of carbonyl (C=O) groups is 2. The molecule has 0 aromatic heterocycles. The van der Waals surface area contributed by atoms with E-state index in [4.69, 9.17) is 5.11 Å². The number of hydrogen-bond donors (Lipinski definition) is 3. The fraction of sp³-hybridized carbons (Fsp3) is 0.333. The highest BCUT2D eigenvalue weighted by molar-refractivity contribution is 6.00. The van der Waals surface area contributed by atoms with Gasteiger partial charge in [-0.15, -0.1) is 0 Å². The van der Waals surface area contributed by atoms with E-state index in [1.165, 1.54) is 0 Å². The Balaban J connectivity index is 2.10. The van der Waals surface area contributed by atoms with E-state index in [1.54, 1.807) is 0 Å². The number of urea groups is 1. The largest absolute Gasteiger partial charge is 0.478 e. The molecule has 1 aliphatic carbocycles. The number of nitrogens with one attached hydrogen (secondary N) is 2. The minimum atomic E-state index is -1.45. The van der Waals surface area contributed by atoms with Crippen LogP contribution in [0.3, 0.4) is 0 Å². The van der Waals surface area contributed by atoms with Gasteiger partial charge in [0.25, 0.3) is 0 Å². The molecule has 3 N–H and O–H groups in total. The van der Waals surface area contributed by atoms with Crippen LogP contribution >= 0.6 is 0 Å². The van der Waals surface area contributed by atoms with Crippen LogP contribution < -0.4 is 10.6 Å². The molecule has 0 bridgehead atoms. The van der Waals surface area contributed by atoms with Gasteiger partial charge in [-0.1, -0.05) is 0 Å². The summed E-state index contributed by atoms with van der Waals surface area (Å²) in [5, 5.41) is 13.6. The van der Waals surface area contributed by atoms with Crippen molar-refractivity contribution in [1.82, 2.24) is 5.32 Å². The number of halogens is 2. The van der Waals surface area contributed by atoms with Crippen LogP contribution in [0.5, 0.6) is 0 Å². The van der Waals surface area contributed by atoms with Crippen LogP contribution in [0, 0.1) is 17.6 Å². The van der Waals surface area contributed by atoms with Crippen LogP contribution in [-0.4, -0.2) is 23.7 Å². The van der Waals surface area contributed by atoms with Gasteiger partial charge in [0.05, 0.1) is 11.3 Å². The van der Waals surface area contributed by atoms with Crippen molar-refractivity contribution in [3.05, 3.63) is 29.3 Å². The maximum Gasteiger partial charge on any atom is 0.337 e. The summed E-state index contributed by atoms with van der Waals surface area (Å²) in [5.74, 6) is -3.49. The van der Waals surface area contributed by atoms with Crippen LogP contribution in [-0.2, 0) is 0 Å². The minimum Gasteiger partial charge on any atom is -0.478 e. The fourth-order valence-electron chi connectivity index (χ4n) is 1.55. The topological polar surface area (TPSA) is 78.4 Å². The van der Waals surface area contributed by atoms with Crippen molar-refractivity contribution in [2.75, 3.05) is 11.9 Å². The first-order valence-corrected chi connectivity index (χ1v) is 5.74. The van der Waals surface area contributed by atoms with Crippen molar-refractivity contribution in [3.8, 4) is 0 Å². The van der Waals surface area contributed by atoms with E-state index in [9.17, 15) is 18.4 Å². The van der Waals surface area contributed by atoms with Crippen LogP contribution in [0.4, 0.5) is 19.3 Å². The molecule has 19 heavy (non-hydrogen) atoms. The summed E-state index contributed by atoms with van der Waals surface area (Å²) in [6.07, 6.45) is 2.09. The second-order valence-electron chi connectivity index (χ2n) is 4.40. The van der Waals surface area contributed by atoms with E-state index in [0.717, 1.165) is 12.8 Å². The number of carbonyl (C=O) groups excluding carboxylic acids is 1. The number of benzene rings is 1. The Labute approximate surface area is 107 Å². The second-order valence-corrected chi connectivity index (χ2v) is 4.40. The number of amides is 2. The molecular formula is C12H12F2N2O3. The monoisotopic (exact) mass is 270 g/mol. The fourth-order valence-corrected chi connectivity index (χ4v) is 1.55. The lowest BCUT2D eigenvalue weighted by Gasteiger charge is -2.10. The number of rotatable bonds is 4. The molecule has 0 aliphatic heterocycles. The van der Waals surface area contributed by atoms with Gasteiger partial charge in [0.15, 0.2) is 11.6 Å². The average molecular weight is 270 g/mol. The molecule has 0 radical (unpaired) electrons. The molecule has 0 saturated heterocycles. The third-order valence-electron chi connectivity index (χ3n) is 2.79. The van der Waals surface area contributed by atoms with Crippen molar-refractivity contribution in [2.45, 2.75) is 12.8 Å². The summed E-state index contributed by atoms with van der Waals surface area (Å²) in [7, 11) is 0. The zero-order valence-corrected chi connectivity index (χ0v) is 9.87. The zero-order chi connectivity index (χ0) is 14.0. The Kier molecular flexibility index (Phi) is 3.64. The molecule has 5 nitrogen and oxygen atoms in total. The van der Waals surface area contributed by atoms with Crippen LogP contribution in [0.25, 0.3) is 0 Å². The maximum atomic E-state index is 13.1. The molecule has 1 aromatic rings. The molecule has 0 unspecified atom stereocenters. The summed E-state index contributed by atoms with van der Waals surface area (Å²) in [4.78, 5) is 22.4. The standard InChI is InChI=1S/C12H12F2N2O3/c13-8-3-7(11(17)18)10(4-9(8)14)16-12(19)15-5-6-1-2-6/h3-4,6H,1-2,5H2,(H,17,18)(H2,15,16,19). The highest BCUT2D eigenvalue weighted by Gasteiger charge is 2.22. The third kappa shape index (κ3) is 3.40. The van der Waals surface area contributed by atoms with Gasteiger partial charge in [0.2, 0.25) is 0 Å². The predicted molar refractivity (Wildman–Crippen MR) is 63.1 cm³/mol. The normalized spacial score (nSPS) is 14.0. The van der Waals surface area contributed by atoms with Crippen molar-refractivity contribution >= 4 is 17.7 Å². The molecule has 1 saturated carbocycles. The number of aromatic carboxylic acids is 1. The molecule has 0 atom stereocenters. The third-order valence-corrected chi connectivity index (χ3v) is 2.79. The first kappa shape index (κ1) is 13.3. The number of anilines is 1. The van der Waals surface area contributed by atoms with Crippen molar-refractivity contribution in [3.63, 3.8) is 0 Å².